The first-order valence-electron chi connectivity index (χ1n) is 11.1. The standard InChI is InChI=1S/C27H28N2O4S/c1-14-23-18(16(3)33-6)12-11-17(15(2)30)25(23)34-24(14)26(31)29-22-13-20(27(4,5)32)19-9-7-8-10-21(19)28-22/h7-13,16,32H,1-6H3,(H,28,29,31). The summed E-state index contributed by atoms with van der Waals surface area (Å²) in [6, 6.07) is 12.9. The number of fused-ring (bicyclic) bond motifs is 2. The molecule has 0 aliphatic rings. The molecule has 6 nitrogen and oxygen atoms in total. The van der Waals surface area contributed by atoms with Crippen LogP contribution < -0.4 is 5.32 Å². The molecular formula is C27H28N2O4S. The summed E-state index contributed by atoms with van der Waals surface area (Å²) in [6.45, 7) is 8.77. The number of aromatic nitrogens is 1. The molecule has 0 aliphatic carbocycles. The van der Waals surface area contributed by atoms with Crippen LogP contribution in [0.3, 0.4) is 0 Å². The van der Waals surface area contributed by atoms with Gasteiger partial charge in [0.2, 0.25) is 0 Å². The summed E-state index contributed by atoms with van der Waals surface area (Å²) in [5.41, 5.74) is 2.56. The summed E-state index contributed by atoms with van der Waals surface area (Å²) in [5, 5.41) is 15.3. The Labute approximate surface area is 202 Å². The lowest BCUT2D eigenvalue weighted by Crippen LogP contribution is -2.18. The van der Waals surface area contributed by atoms with Crippen LogP contribution in [0.5, 0.6) is 0 Å². The lowest BCUT2D eigenvalue weighted by Gasteiger charge is -2.21. The Morgan fingerprint density at radius 2 is 1.88 bits per heavy atom. The van der Waals surface area contributed by atoms with Crippen molar-refractivity contribution in [3.63, 3.8) is 0 Å². The number of amides is 1. The van der Waals surface area contributed by atoms with E-state index >= 15 is 0 Å². The molecule has 0 spiro atoms. The molecule has 7 heteroatoms. The highest BCUT2D eigenvalue weighted by molar-refractivity contribution is 7.21. The van der Waals surface area contributed by atoms with Gasteiger partial charge in [-0.05, 0) is 69.5 Å². The summed E-state index contributed by atoms with van der Waals surface area (Å²) in [7, 11) is 1.64. The van der Waals surface area contributed by atoms with Gasteiger partial charge >= 0.3 is 0 Å². The summed E-state index contributed by atoms with van der Waals surface area (Å²) in [4.78, 5) is 30.8. The minimum Gasteiger partial charge on any atom is -0.386 e. The number of rotatable bonds is 6. The maximum Gasteiger partial charge on any atom is 0.267 e. The average molecular weight is 477 g/mol. The Morgan fingerprint density at radius 1 is 1.18 bits per heavy atom. The zero-order valence-electron chi connectivity index (χ0n) is 20.1. The Morgan fingerprint density at radius 3 is 2.53 bits per heavy atom. The highest BCUT2D eigenvalue weighted by Crippen LogP contribution is 2.39. The van der Waals surface area contributed by atoms with Gasteiger partial charge in [-0.15, -0.1) is 11.3 Å². The van der Waals surface area contributed by atoms with Gasteiger partial charge in [0.05, 0.1) is 22.1 Å². The van der Waals surface area contributed by atoms with E-state index < -0.39 is 5.60 Å². The topological polar surface area (TPSA) is 88.5 Å². The zero-order chi connectivity index (χ0) is 24.8. The van der Waals surface area contributed by atoms with E-state index in [0.29, 0.717) is 27.3 Å². The monoisotopic (exact) mass is 476 g/mol. The lowest BCUT2D eigenvalue weighted by molar-refractivity contribution is 0.0801. The highest BCUT2D eigenvalue weighted by Gasteiger charge is 2.25. The number of Topliss-reactive ketones (excluding diaryl/α,β-unsaturated/α-hetero) is 1. The van der Waals surface area contributed by atoms with Gasteiger partial charge in [0.1, 0.15) is 5.82 Å². The molecule has 2 heterocycles. The van der Waals surface area contributed by atoms with E-state index in [1.54, 1.807) is 33.1 Å². The number of aliphatic hydroxyl groups is 1. The summed E-state index contributed by atoms with van der Waals surface area (Å²) in [5.74, 6) is -0.00972. The van der Waals surface area contributed by atoms with Gasteiger partial charge in [-0.25, -0.2) is 4.98 Å². The van der Waals surface area contributed by atoms with E-state index in [1.807, 2.05) is 44.2 Å². The molecule has 2 N–H and O–H groups in total. The molecule has 0 fully saturated rings. The Hall–Kier alpha value is -3.13. The number of anilines is 1. The van der Waals surface area contributed by atoms with Gasteiger partial charge in [0.15, 0.2) is 5.78 Å². The molecule has 34 heavy (non-hydrogen) atoms. The number of pyridine rings is 1. The van der Waals surface area contributed by atoms with Gasteiger partial charge in [0, 0.05) is 28.1 Å². The first-order chi connectivity index (χ1) is 16.0. The van der Waals surface area contributed by atoms with Crippen molar-refractivity contribution in [2.45, 2.75) is 46.3 Å². The first kappa shape index (κ1) is 24.0. The summed E-state index contributed by atoms with van der Waals surface area (Å²) < 4.78 is 6.31. The van der Waals surface area contributed by atoms with Gasteiger partial charge in [-0.2, -0.15) is 0 Å². The number of methoxy groups -OCH3 is 1. The van der Waals surface area contributed by atoms with E-state index in [-0.39, 0.29) is 17.8 Å². The number of carbonyl (C=O) groups is 2. The van der Waals surface area contributed by atoms with E-state index in [4.69, 9.17) is 4.74 Å². The number of ketones is 1. The second kappa shape index (κ2) is 8.91. The van der Waals surface area contributed by atoms with Gasteiger partial charge in [-0.1, -0.05) is 24.3 Å². The van der Waals surface area contributed by atoms with Crippen molar-refractivity contribution in [3.8, 4) is 0 Å². The van der Waals surface area contributed by atoms with Crippen molar-refractivity contribution < 1.29 is 19.4 Å². The maximum atomic E-state index is 13.4. The van der Waals surface area contributed by atoms with Crippen molar-refractivity contribution in [2.75, 3.05) is 12.4 Å². The fourth-order valence-corrected chi connectivity index (χ4v) is 5.56. The molecule has 0 bridgehead atoms. The minimum absolute atomic E-state index is 0.0548. The number of hydrogen-bond acceptors (Lipinski definition) is 6. The lowest BCUT2D eigenvalue weighted by atomic mass is 9.94. The number of thiophene rings is 1. The van der Waals surface area contributed by atoms with Crippen molar-refractivity contribution in [3.05, 3.63) is 69.6 Å². The third-order valence-corrected chi connectivity index (χ3v) is 7.43. The molecule has 1 atom stereocenters. The molecule has 176 valence electrons. The second-order valence-corrected chi connectivity index (χ2v) is 10.0. The van der Waals surface area contributed by atoms with Crippen LogP contribution in [-0.4, -0.2) is 28.9 Å². The molecule has 1 amide bonds. The van der Waals surface area contributed by atoms with Crippen molar-refractivity contribution in [2.24, 2.45) is 0 Å². The number of ether oxygens (including phenoxy) is 1. The first-order valence-corrected chi connectivity index (χ1v) is 11.9. The van der Waals surface area contributed by atoms with Crippen LogP contribution in [0.25, 0.3) is 21.0 Å². The third kappa shape index (κ3) is 4.22. The maximum absolute atomic E-state index is 13.4. The van der Waals surface area contributed by atoms with E-state index in [0.717, 1.165) is 26.6 Å². The number of hydrogen-bond donors (Lipinski definition) is 2. The summed E-state index contributed by atoms with van der Waals surface area (Å²) >= 11 is 1.30. The average Bonchev–Trinajstić information content (AvgIpc) is 3.14. The SMILES string of the molecule is COC(C)c1ccc(C(C)=O)c2sc(C(=O)Nc3cc(C(C)(C)O)c4ccccc4n3)c(C)c12. The normalized spacial score (nSPS) is 12.8. The number of nitrogens with one attached hydrogen (secondary N) is 1. The quantitative estimate of drug-likeness (QED) is 0.326. The molecule has 2 aromatic carbocycles. The molecule has 1 unspecified atom stereocenters. The molecule has 2 aromatic heterocycles. The Kier molecular flexibility index (Phi) is 6.29. The number of para-hydroxylation sites is 1. The number of carbonyl (C=O) groups excluding carboxylic acids is 2. The van der Waals surface area contributed by atoms with Crippen LogP contribution >= 0.6 is 11.3 Å². The number of nitrogens with zero attached hydrogens (tertiary/aromatic N) is 1. The fourth-order valence-electron chi connectivity index (χ4n) is 4.26. The predicted octanol–water partition coefficient (Wildman–Crippen LogP) is 6.15. The number of benzene rings is 2. The summed E-state index contributed by atoms with van der Waals surface area (Å²) in [6.07, 6.45) is -0.191. The molecular weight excluding hydrogens is 448 g/mol. The minimum atomic E-state index is -1.11. The largest absolute Gasteiger partial charge is 0.386 e. The van der Waals surface area contributed by atoms with Crippen LogP contribution in [0.15, 0.2) is 42.5 Å². The molecule has 4 aromatic rings. The Bertz CT molecular complexity index is 1430. The molecule has 0 saturated heterocycles. The second-order valence-electron chi connectivity index (χ2n) is 8.98. The van der Waals surface area contributed by atoms with E-state index in [2.05, 4.69) is 10.3 Å². The smallest absolute Gasteiger partial charge is 0.267 e. The van der Waals surface area contributed by atoms with E-state index in [1.165, 1.54) is 18.3 Å². The van der Waals surface area contributed by atoms with Gasteiger partial charge < -0.3 is 15.2 Å². The van der Waals surface area contributed by atoms with Gasteiger partial charge in [-0.3, -0.25) is 9.59 Å². The van der Waals surface area contributed by atoms with Crippen LogP contribution in [-0.2, 0) is 10.3 Å². The molecule has 0 saturated carbocycles. The van der Waals surface area contributed by atoms with Crippen LogP contribution in [0.4, 0.5) is 5.82 Å². The van der Waals surface area contributed by atoms with Crippen molar-refractivity contribution in [1.29, 1.82) is 0 Å². The van der Waals surface area contributed by atoms with Crippen molar-refractivity contribution >= 4 is 49.8 Å². The van der Waals surface area contributed by atoms with Crippen molar-refractivity contribution in [1.82, 2.24) is 4.98 Å². The van der Waals surface area contributed by atoms with Crippen LogP contribution in [0.2, 0.25) is 0 Å². The van der Waals surface area contributed by atoms with Crippen LogP contribution in [0, 0.1) is 6.92 Å². The highest BCUT2D eigenvalue weighted by atomic mass is 32.1. The molecule has 0 aliphatic heterocycles. The number of aryl methyl sites for hydroxylation is 1. The zero-order valence-corrected chi connectivity index (χ0v) is 21.0. The van der Waals surface area contributed by atoms with Gasteiger partial charge in [0.25, 0.3) is 5.91 Å². The molecule has 4 rings (SSSR count). The predicted molar refractivity (Wildman–Crippen MR) is 137 cm³/mol. The molecule has 0 radical (unpaired) electrons. The van der Waals surface area contributed by atoms with Crippen LogP contribution in [0.1, 0.15) is 70.5 Å². The fraction of sp³-hybridized carbons (Fsp3) is 0.296. The van der Waals surface area contributed by atoms with E-state index in [9.17, 15) is 14.7 Å². The Balaban J connectivity index is 1.83. The third-order valence-electron chi connectivity index (χ3n) is 6.10.